The van der Waals surface area contributed by atoms with E-state index in [1.807, 2.05) is 24.3 Å². The van der Waals surface area contributed by atoms with Gasteiger partial charge in [-0.15, -0.1) is 0 Å². The van der Waals surface area contributed by atoms with Gasteiger partial charge in [-0.3, -0.25) is 10.1 Å². The van der Waals surface area contributed by atoms with Gasteiger partial charge in [-0.05, 0) is 48.5 Å². The summed E-state index contributed by atoms with van der Waals surface area (Å²) in [6.07, 6.45) is 0. The van der Waals surface area contributed by atoms with Crippen LogP contribution in [0.3, 0.4) is 0 Å². The Morgan fingerprint density at radius 1 is 1.00 bits per heavy atom. The van der Waals surface area contributed by atoms with Gasteiger partial charge in [0.1, 0.15) is 11.5 Å². The molecule has 1 heterocycles. The Hall–Kier alpha value is -3.06. The second-order valence-corrected chi connectivity index (χ2v) is 6.23. The van der Waals surface area contributed by atoms with Gasteiger partial charge in [0.25, 0.3) is 5.13 Å². The van der Waals surface area contributed by atoms with Crippen molar-refractivity contribution in [1.29, 1.82) is 0 Å². The third-order valence-electron chi connectivity index (χ3n) is 3.60. The summed E-state index contributed by atoms with van der Waals surface area (Å²) in [4.78, 5) is 16.1. The van der Waals surface area contributed by atoms with Gasteiger partial charge in [-0.1, -0.05) is 11.3 Å². The predicted octanol–water partition coefficient (Wildman–Crippen LogP) is 3.14. The summed E-state index contributed by atoms with van der Waals surface area (Å²) in [6, 6.07) is 14.4. The van der Waals surface area contributed by atoms with Gasteiger partial charge in [0.2, 0.25) is 11.6 Å². The van der Waals surface area contributed by atoms with E-state index < -0.39 is 0 Å². The summed E-state index contributed by atoms with van der Waals surface area (Å²) in [5, 5.41) is 3.88. The lowest BCUT2D eigenvalue weighted by Gasteiger charge is -2.01. The largest absolute Gasteiger partial charge is 0.497 e. The fourth-order valence-electron chi connectivity index (χ4n) is 2.27. The Kier molecular flexibility index (Phi) is 4.85. The van der Waals surface area contributed by atoms with Crippen LogP contribution < -0.4 is 25.5 Å². The first-order valence-electron chi connectivity index (χ1n) is 7.52. The number of nitrogen functional groups attached to an aromatic ring is 1. The minimum atomic E-state index is -0.135. The standard InChI is InChI=1S/C18H17N3O3S/c1-23-13-7-3-11(4-8-13)15(22)16-17(19)21-18(25-16)20-12-5-9-14(24-2)10-6-12/h3-10H,19H2,1-2H3,(H,20,21)/p+1. The third kappa shape index (κ3) is 3.72. The van der Waals surface area contributed by atoms with Gasteiger partial charge in [0.05, 0.1) is 19.9 Å². The van der Waals surface area contributed by atoms with Gasteiger partial charge in [-0.25, -0.2) is 4.98 Å². The molecular formula is C18H18N3O3S+. The fourth-order valence-corrected chi connectivity index (χ4v) is 3.17. The fraction of sp³-hybridized carbons (Fsp3) is 0.111. The highest BCUT2D eigenvalue weighted by Gasteiger charge is 2.21. The van der Waals surface area contributed by atoms with Gasteiger partial charge < -0.3 is 15.2 Å². The summed E-state index contributed by atoms with van der Waals surface area (Å²) in [5.74, 6) is 1.67. The molecule has 6 nitrogen and oxygen atoms in total. The zero-order valence-corrected chi connectivity index (χ0v) is 14.6. The molecule has 3 aromatic rings. The monoisotopic (exact) mass is 356 g/mol. The van der Waals surface area contributed by atoms with Crippen molar-refractivity contribution >= 4 is 33.8 Å². The van der Waals surface area contributed by atoms with E-state index >= 15 is 0 Å². The molecule has 0 aliphatic heterocycles. The minimum absolute atomic E-state index is 0.135. The molecule has 4 N–H and O–H groups in total. The number of nitrogens with one attached hydrogen (secondary N) is 2. The number of ether oxygens (including phenoxy) is 2. The first-order chi connectivity index (χ1) is 12.1. The highest BCUT2D eigenvalue weighted by Crippen LogP contribution is 2.27. The van der Waals surface area contributed by atoms with E-state index in [0.717, 1.165) is 11.4 Å². The number of carbonyl (C=O) groups is 1. The van der Waals surface area contributed by atoms with Crippen molar-refractivity contribution < 1.29 is 19.3 Å². The number of carbonyl (C=O) groups excluding carboxylic acids is 1. The van der Waals surface area contributed by atoms with Crippen LogP contribution in [0.4, 0.5) is 16.6 Å². The van der Waals surface area contributed by atoms with Crippen LogP contribution in [0, 0.1) is 0 Å². The number of anilines is 3. The van der Waals surface area contributed by atoms with Crippen molar-refractivity contribution in [3.63, 3.8) is 0 Å². The second-order valence-electron chi connectivity index (χ2n) is 5.21. The molecule has 0 saturated carbocycles. The van der Waals surface area contributed by atoms with Crippen molar-refractivity contribution in [3.8, 4) is 11.5 Å². The maximum atomic E-state index is 12.6. The van der Waals surface area contributed by atoms with E-state index in [9.17, 15) is 4.79 Å². The molecule has 0 aliphatic carbocycles. The van der Waals surface area contributed by atoms with Crippen molar-refractivity contribution in [2.75, 3.05) is 25.3 Å². The van der Waals surface area contributed by atoms with Crippen LogP contribution in [-0.4, -0.2) is 20.0 Å². The SMILES string of the molecule is COc1ccc(Nc2[nH+]c(N)c(C(=O)c3ccc(OC)cc3)s2)cc1. The Bertz CT molecular complexity index is 874. The molecular weight excluding hydrogens is 338 g/mol. The molecule has 25 heavy (non-hydrogen) atoms. The summed E-state index contributed by atoms with van der Waals surface area (Å²) in [5.41, 5.74) is 7.40. The molecule has 3 rings (SSSR count). The number of aromatic nitrogens is 1. The lowest BCUT2D eigenvalue weighted by molar-refractivity contribution is -0.336. The van der Waals surface area contributed by atoms with E-state index in [4.69, 9.17) is 15.2 Å². The van der Waals surface area contributed by atoms with E-state index in [1.165, 1.54) is 11.3 Å². The Balaban J connectivity index is 1.79. The highest BCUT2D eigenvalue weighted by molar-refractivity contribution is 7.17. The lowest BCUT2D eigenvalue weighted by atomic mass is 10.1. The lowest BCUT2D eigenvalue weighted by Crippen LogP contribution is -2.12. The van der Waals surface area contributed by atoms with Crippen LogP contribution in [0.25, 0.3) is 0 Å². The summed E-state index contributed by atoms with van der Waals surface area (Å²) >= 11 is 1.27. The molecule has 0 unspecified atom stereocenters. The first-order valence-corrected chi connectivity index (χ1v) is 8.34. The average Bonchev–Trinajstić information content (AvgIpc) is 3.02. The zero-order chi connectivity index (χ0) is 17.8. The molecule has 1 aromatic heterocycles. The summed E-state index contributed by atoms with van der Waals surface area (Å²) < 4.78 is 10.2. The molecule has 0 amide bonds. The van der Waals surface area contributed by atoms with Crippen LogP contribution in [0.15, 0.2) is 48.5 Å². The van der Waals surface area contributed by atoms with E-state index in [1.54, 1.807) is 38.5 Å². The van der Waals surface area contributed by atoms with Crippen LogP contribution >= 0.6 is 11.3 Å². The first kappa shape index (κ1) is 16.8. The maximum absolute atomic E-state index is 12.6. The number of methoxy groups -OCH3 is 2. The van der Waals surface area contributed by atoms with Gasteiger partial charge in [0, 0.05) is 5.56 Å². The smallest absolute Gasteiger partial charge is 0.283 e. The predicted molar refractivity (Wildman–Crippen MR) is 98.0 cm³/mol. The summed E-state index contributed by atoms with van der Waals surface area (Å²) in [6.45, 7) is 0. The molecule has 7 heteroatoms. The number of thiazole rings is 1. The molecule has 0 spiro atoms. The molecule has 0 bridgehead atoms. The minimum Gasteiger partial charge on any atom is -0.497 e. The number of rotatable bonds is 6. The molecule has 0 fully saturated rings. The third-order valence-corrected chi connectivity index (χ3v) is 4.62. The van der Waals surface area contributed by atoms with E-state index in [0.29, 0.717) is 27.1 Å². The van der Waals surface area contributed by atoms with Crippen LogP contribution in [0.2, 0.25) is 0 Å². The Morgan fingerprint density at radius 2 is 1.56 bits per heavy atom. The molecule has 0 saturated heterocycles. The normalized spacial score (nSPS) is 10.3. The molecule has 2 aromatic carbocycles. The van der Waals surface area contributed by atoms with E-state index in [2.05, 4.69) is 10.3 Å². The number of hydrogen-bond donors (Lipinski definition) is 2. The molecule has 0 radical (unpaired) electrons. The number of nitrogens with two attached hydrogens (primary N) is 1. The van der Waals surface area contributed by atoms with Crippen LogP contribution in [0.1, 0.15) is 15.2 Å². The van der Waals surface area contributed by atoms with Gasteiger partial charge in [-0.2, -0.15) is 0 Å². The molecule has 0 aliphatic rings. The Morgan fingerprint density at radius 3 is 2.12 bits per heavy atom. The number of ketones is 1. The number of H-pyrrole nitrogens is 1. The van der Waals surface area contributed by atoms with Crippen molar-refractivity contribution in [2.24, 2.45) is 0 Å². The van der Waals surface area contributed by atoms with Crippen molar-refractivity contribution in [2.45, 2.75) is 0 Å². The highest BCUT2D eigenvalue weighted by atomic mass is 32.1. The summed E-state index contributed by atoms with van der Waals surface area (Å²) in [7, 11) is 3.20. The quantitative estimate of drug-likeness (QED) is 0.663. The Labute approximate surface area is 149 Å². The number of benzene rings is 2. The zero-order valence-electron chi connectivity index (χ0n) is 13.8. The number of hydrogen-bond acceptors (Lipinski definition) is 6. The number of aromatic amines is 1. The van der Waals surface area contributed by atoms with Crippen molar-refractivity contribution in [1.82, 2.24) is 0 Å². The molecule has 0 atom stereocenters. The average molecular weight is 356 g/mol. The topological polar surface area (TPSA) is 87.7 Å². The van der Waals surface area contributed by atoms with Crippen LogP contribution in [0.5, 0.6) is 11.5 Å². The van der Waals surface area contributed by atoms with Gasteiger partial charge in [0.15, 0.2) is 4.88 Å². The van der Waals surface area contributed by atoms with Gasteiger partial charge >= 0.3 is 0 Å². The van der Waals surface area contributed by atoms with Crippen LogP contribution in [-0.2, 0) is 0 Å². The maximum Gasteiger partial charge on any atom is 0.283 e. The molecule has 128 valence electrons. The second kappa shape index (κ2) is 7.23. The van der Waals surface area contributed by atoms with Crippen molar-refractivity contribution in [3.05, 3.63) is 59.0 Å². The van der Waals surface area contributed by atoms with E-state index in [-0.39, 0.29) is 5.78 Å².